The molecule has 11 heavy (non-hydrogen) atoms. The monoisotopic (exact) mass is 260 g/mol. The van der Waals surface area contributed by atoms with Crippen LogP contribution in [0.15, 0.2) is 10.2 Å². The summed E-state index contributed by atoms with van der Waals surface area (Å²) < 4.78 is 1.08. The Hall–Kier alpha value is -0.550. The number of halogens is 1. The smallest absolute Gasteiger partial charge is 0.133 e. The van der Waals surface area contributed by atoms with Crippen molar-refractivity contribution in [3.63, 3.8) is 0 Å². The van der Waals surface area contributed by atoms with E-state index in [0.29, 0.717) is 6.42 Å². The Bertz CT molecular complexity index is 195. The lowest BCUT2D eigenvalue weighted by Crippen LogP contribution is -1.91. The molecule has 0 atom stereocenters. The maximum atomic E-state index is 8.39. The van der Waals surface area contributed by atoms with E-state index < -0.39 is 5.92 Å². The normalized spacial score (nSPS) is 8.73. The van der Waals surface area contributed by atoms with Gasteiger partial charge in [0, 0.05) is 0 Å². The topological polar surface area (TPSA) is 47.6 Å². The molecule has 0 aliphatic carbocycles. The molecule has 0 fully saturated rings. The fourth-order valence-electron chi connectivity index (χ4n) is 0.656. The van der Waals surface area contributed by atoms with E-state index in [9.17, 15) is 0 Å². The van der Waals surface area contributed by atoms with Gasteiger partial charge in [0.25, 0.3) is 0 Å². The third-order valence-electron chi connectivity index (χ3n) is 1.25. The second kappa shape index (κ2) is 6.18. The van der Waals surface area contributed by atoms with Crippen molar-refractivity contribution in [1.29, 1.82) is 10.5 Å². The second-order valence-corrected chi connectivity index (χ2v) is 3.75. The van der Waals surface area contributed by atoms with Gasteiger partial charge in [-0.1, -0.05) is 6.58 Å². The summed E-state index contributed by atoms with van der Waals surface area (Å²) in [7, 11) is 0. The highest BCUT2D eigenvalue weighted by Crippen LogP contribution is 2.14. The summed E-state index contributed by atoms with van der Waals surface area (Å²) in [6.07, 6.45) is 2.45. The van der Waals surface area contributed by atoms with Gasteiger partial charge in [-0.2, -0.15) is 10.5 Å². The predicted molar refractivity (Wildman–Crippen MR) is 51.7 cm³/mol. The molecule has 0 amide bonds. The van der Waals surface area contributed by atoms with Crippen LogP contribution in [0.3, 0.4) is 0 Å². The number of hydrogen-bond acceptors (Lipinski definition) is 2. The van der Waals surface area contributed by atoms with Crippen LogP contribution in [-0.2, 0) is 0 Å². The van der Waals surface area contributed by atoms with Gasteiger partial charge in [0.1, 0.15) is 5.92 Å². The van der Waals surface area contributed by atoms with E-state index in [-0.39, 0.29) is 0 Å². The second-order valence-electron chi connectivity index (χ2n) is 2.22. The van der Waals surface area contributed by atoms with Crippen LogP contribution in [0.25, 0.3) is 0 Å². The molecule has 0 aliphatic heterocycles. The zero-order chi connectivity index (χ0) is 8.69. The fourth-order valence-corrected chi connectivity index (χ4v) is 1.04. The van der Waals surface area contributed by atoms with Crippen molar-refractivity contribution >= 4 is 22.6 Å². The third kappa shape index (κ3) is 5.87. The summed E-state index contributed by atoms with van der Waals surface area (Å²) in [5.41, 5.74) is 0. The molecule has 0 bridgehead atoms. The van der Waals surface area contributed by atoms with E-state index >= 15 is 0 Å². The van der Waals surface area contributed by atoms with Crippen molar-refractivity contribution in [3.8, 4) is 12.1 Å². The maximum Gasteiger partial charge on any atom is 0.133 e. The Morgan fingerprint density at radius 2 is 2.00 bits per heavy atom. The van der Waals surface area contributed by atoms with Crippen molar-refractivity contribution in [2.75, 3.05) is 0 Å². The Balaban J connectivity index is 3.48. The minimum atomic E-state index is -0.439. The fraction of sp³-hybridized carbons (Fsp3) is 0.500. The molecule has 0 aromatic rings. The van der Waals surface area contributed by atoms with Gasteiger partial charge in [0.15, 0.2) is 0 Å². The van der Waals surface area contributed by atoms with E-state index in [4.69, 9.17) is 10.5 Å². The summed E-state index contributed by atoms with van der Waals surface area (Å²) >= 11 is 2.15. The van der Waals surface area contributed by atoms with Crippen LogP contribution in [0.4, 0.5) is 0 Å². The lowest BCUT2D eigenvalue weighted by molar-refractivity contribution is 0.679. The van der Waals surface area contributed by atoms with Crippen LogP contribution >= 0.6 is 22.6 Å². The van der Waals surface area contributed by atoms with Crippen LogP contribution in [-0.4, -0.2) is 0 Å². The molecule has 0 N–H and O–H groups in total. The van der Waals surface area contributed by atoms with Crippen molar-refractivity contribution < 1.29 is 0 Å². The Morgan fingerprint density at radius 1 is 1.45 bits per heavy atom. The predicted octanol–water partition coefficient (Wildman–Crippen LogP) is 2.77. The van der Waals surface area contributed by atoms with E-state index in [1.165, 1.54) is 0 Å². The molecule has 0 radical (unpaired) electrons. The first-order valence-corrected chi connectivity index (χ1v) is 4.41. The highest BCUT2D eigenvalue weighted by atomic mass is 127. The lowest BCUT2D eigenvalue weighted by Gasteiger charge is -1.97. The van der Waals surface area contributed by atoms with E-state index in [1.54, 1.807) is 0 Å². The van der Waals surface area contributed by atoms with Crippen LogP contribution in [0.2, 0.25) is 0 Å². The van der Waals surface area contributed by atoms with Gasteiger partial charge >= 0.3 is 0 Å². The first-order chi connectivity index (χ1) is 5.20. The molecule has 0 unspecified atom stereocenters. The molecule has 3 heteroatoms. The van der Waals surface area contributed by atoms with Crippen molar-refractivity contribution in [1.82, 2.24) is 0 Å². The summed E-state index contributed by atoms with van der Waals surface area (Å²) in [6, 6.07) is 3.86. The molecule has 0 saturated carbocycles. The molecule has 0 aromatic heterocycles. The van der Waals surface area contributed by atoms with Crippen molar-refractivity contribution in [2.24, 2.45) is 5.92 Å². The lowest BCUT2D eigenvalue weighted by atomic mass is 10.1. The van der Waals surface area contributed by atoms with E-state index in [1.807, 2.05) is 12.1 Å². The summed E-state index contributed by atoms with van der Waals surface area (Å²) in [5.74, 6) is -0.439. The van der Waals surface area contributed by atoms with Gasteiger partial charge in [0.05, 0.1) is 12.1 Å². The number of hydrogen-bond donors (Lipinski definition) is 0. The number of rotatable bonds is 4. The highest BCUT2D eigenvalue weighted by Gasteiger charge is 2.03. The maximum absolute atomic E-state index is 8.39. The standard InChI is InChI=1S/C8H9IN2/c1-7(9)3-2-4-8(5-10)6-11/h8H,1-4H2. The van der Waals surface area contributed by atoms with Crippen LogP contribution in [0, 0.1) is 28.6 Å². The molecular formula is C8H9IN2. The Kier molecular flexibility index (Phi) is 5.87. The average molecular weight is 260 g/mol. The van der Waals surface area contributed by atoms with Crippen LogP contribution < -0.4 is 0 Å². The Labute approximate surface area is 80.7 Å². The largest absolute Gasteiger partial charge is 0.197 e. The van der Waals surface area contributed by atoms with Gasteiger partial charge in [-0.15, -0.1) is 0 Å². The minimum Gasteiger partial charge on any atom is -0.197 e. The van der Waals surface area contributed by atoms with Gasteiger partial charge in [-0.05, 0) is 45.4 Å². The molecule has 0 spiro atoms. The summed E-state index contributed by atoms with van der Waals surface area (Å²) in [6.45, 7) is 3.72. The Morgan fingerprint density at radius 3 is 2.36 bits per heavy atom. The molecular weight excluding hydrogens is 251 g/mol. The highest BCUT2D eigenvalue weighted by molar-refractivity contribution is 14.1. The zero-order valence-corrected chi connectivity index (χ0v) is 8.34. The third-order valence-corrected chi connectivity index (χ3v) is 1.79. The minimum absolute atomic E-state index is 0.439. The van der Waals surface area contributed by atoms with Crippen molar-refractivity contribution in [2.45, 2.75) is 19.3 Å². The van der Waals surface area contributed by atoms with Crippen LogP contribution in [0.1, 0.15) is 19.3 Å². The number of nitrogens with zero attached hydrogens (tertiary/aromatic N) is 2. The number of nitriles is 2. The van der Waals surface area contributed by atoms with Crippen molar-refractivity contribution in [3.05, 3.63) is 10.2 Å². The molecule has 58 valence electrons. The van der Waals surface area contributed by atoms with Crippen LogP contribution in [0.5, 0.6) is 0 Å². The average Bonchev–Trinajstić information content (AvgIpc) is 1.98. The molecule has 0 heterocycles. The number of allylic oxidation sites excluding steroid dienone is 1. The first kappa shape index (κ1) is 10.4. The van der Waals surface area contributed by atoms with E-state index in [0.717, 1.165) is 16.4 Å². The van der Waals surface area contributed by atoms with Gasteiger partial charge < -0.3 is 0 Å². The summed E-state index contributed by atoms with van der Waals surface area (Å²) in [4.78, 5) is 0. The molecule has 0 aromatic carbocycles. The van der Waals surface area contributed by atoms with Gasteiger partial charge in [-0.25, -0.2) is 0 Å². The molecule has 0 aliphatic rings. The first-order valence-electron chi connectivity index (χ1n) is 3.33. The van der Waals surface area contributed by atoms with Gasteiger partial charge in [0.2, 0.25) is 0 Å². The quantitative estimate of drug-likeness (QED) is 0.729. The van der Waals surface area contributed by atoms with Gasteiger partial charge in [-0.3, -0.25) is 0 Å². The molecule has 2 nitrogen and oxygen atoms in total. The molecule has 0 saturated heterocycles. The summed E-state index contributed by atoms with van der Waals surface area (Å²) in [5, 5.41) is 16.8. The van der Waals surface area contributed by atoms with E-state index in [2.05, 4.69) is 29.2 Å². The zero-order valence-electron chi connectivity index (χ0n) is 6.18. The molecule has 0 rings (SSSR count). The SMILES string of the molecule is C=C(I)CCCC(C#N)C#N.